The molecule has 1 aliphatic carbocycles. The van der Waals surface area contributed by atoms with Gasteiger partial charge in [-0.2, -0.15) is 5.10 Å². The van der Waals surface area contributed by atoms with Gasteiger partial charge in [-0.05, 0) is 36.6 Å². The summed E-state index contributed by atoms with van der Waals surface area (Å²) in [5, 5.41) is 9.93. The Morgan fingerprint density at radius 2 is 1.93 bits per heavy atom. The minimum absolute atomic E-state index is 0.0851. The number of rotatable bonds is 8. The third-order valence-corrected chi connectivity index (χ3v) is 5.00. The number of ketones is 1. The number of carbonyl (C=O) groups excluding carboxylic acids is 2. The van der Waals surface area contributed by atoms with Gasteiger partial charge in [0, 0.05) is 23.7 Å². The van der Waals surface area contributed by atoms with E-state index in [-0.39, 0.29) is 18.3 Å². The van der Waals surface area contributed by atoms with Gasteiger partial charge >= 0.3 is 0 Å². The molecule has 0 bridgehead atoms. The number of benzene rings is 1. The molecule has 3 rings (SSSR count). The monoisotopic (exact) mass is 369 g/mol. The topological polar surface area (TPSA) is 84.1 Å². The van der Waals surface area contributed by atoms with Gasteiger partial charge in [0.15, 0.2) is 18.2 Å². The summed E-state index contributed by atoms with van der Waals surface area (Å²) in [6, 6.07) is 8.73. The molecule has 6 nitrogen and oxygen atoms in total. The first-order chi connectivity index (χ1) is 13.1. The van der Waals surface area contributed by atoms with Crippen LogP contribution in [0.25, 0.3) is 0 Å². The van der Waals surface area contributed by atoms with Crippen LogP contribution in [-0.2, 0) is 11.2 Å². The van der Waals surface area contributed by atoms with Gasteiger partial charge in [0.05, 0.1) is 0 Å². The van der Waals surface area contributed by atoms with Gasteiger partial charge in [-0.15, -0.1) is 0 Å². The largest absolute Gasteiger partial charge is 0.484 e. The van der Waals surface area contributed by atoms with Crippen molar-refractivity contribution in [2.75, 3.05) is 11.9 Å². The van der Waals surface area contributed by atoms with Crippen LogP contribution in [0, 0.1) is 5.92 Å². The fourth-order valence-electron chi connectivity index (χ4n) is 3.50. The van der Waals surface area contributed by atoms with E-state index in [2.05, 4.69) is 15.5 Å². The normalized spacial score (nSPS) is 14.7. The summed E-state index contributed by atoms with van der Waals surface area (Å²) in [6.45, 7) is 1.72. The molecule has 6 heteroatoms. The lowest BCUT2D eigenvalue weighted by Gasteiger charge is -2.20. The quantitative estimate of drug-likeness (QED) is 0.685. The van der Waals surface area contributed by atoms with Crippen LogP contribution in [0.2, 0.25) is 0 Å². The molecule has 1 aliphatic rings. The molecule has 2 aromatic rings. The predicted octanol–water partition coefficient (Wildman–Crippen LogP) is 4.14. The Balaban J connectivity index is 1.44. The molecule has 1 fully saturated rings. The lowest BCUT2D eigenvalue weighted by molar-refractivity contribution is -0.118. The highest BCUT2D eigenvalue weighted by Crippen LogP contribution is 2.26. The zero-order valence-corrected chi connectivity index (χ0v) is 15.8. The highest BCUT2D eigenvalue weighted by Gasteiger charge is 2.15. The molecule has 144 valence electrons. The van der Waals surface area contributed by atoms with E-state index < -0.39 is 0 Å². The first-order valence-electron chi connectivity index (χ1n) is 9.74. The number of aromatic nitrogens is 2. The molecule has 1 heterocycles. The lowest BCUT2D eigenvalue weighted by atomic mass is 9.86. The predicted molar refractivity (Wildman–Crippen MR) is 104 cm³/mol. The van der Waals surface area contributed by atoms with E-state index in [1.807, 2.05) is 13.0 Å². The van der Waals surface area contributed by atoms with Crippen molar-refractivity contribution in [2.24, 2.45) is 5.92 Å². The van der Waals surface area contributed by atoms with E-state index in [4.69, 9.17) is 4.74 Å². The van der Waals surface area contributed by atoms with Gasteiger partial charge in [0.2, 0.25) is 0 Å². The Hall–Kier alpha value is -2.63. The number of nitrogens with zero attached hydrogens (tertiary/aromatic N) is 1. The minimum Gasteiger partial charge on any atom is -0.484 e. The maximum atomic E-state index is 12.1. The van der Waals surface area contributed by atoms with Crippen LogP contribution in [-0.4, -0.2) is 28.5 Å². The third-order valence-electron chi connectivity index (χ3n) is 5.00. The summed E-state index contributed by atoms with van der Waals surface area (Å²) in [4.78, 5) is 23.7. The molecular weight excluding hydrogens is 342 g/mol. The second kappa shape index (κ2) is 9.35. The molecule has 1 aromatic carbocycles. The van der Waals surface area contributed by atoms with Gasteiger partial charge in [0.1, 0.15) is 5.75 Å². The second-order valence-corrected chi connectivity index (χ2v) is 7.12. The number of carbonyl (C=O) groups is 2. The van der Waals surface area contributed by atoms with Crippen LogP contribution in [0.15, 0.2) is 30.3 Å². The van der Waals surface area contributed by atoms with E-state index in [0.717, 1.165) is 12.1 Å². The van der Waals surface area contributed by atoms with Crippen LogP contribution in [0.3, 0.4) is 0 Å². The maximum absolute atomic E-state index is 12.1. The molecule has 0 spiro atoms. The summed E-state index contributed by atoms with van der Waals surface area (Å²) in [7, 11) is 0. The zero-order chi connectivity index (χ0) is 19.1. The number of amides is 1. The van der Waals surface area contributed by atoms with Crippen LogP contribution in [0.5, 0.6) is 5.75 Å². The van der Waals surface area contributed by atoms with Gasteiger partial charge in [-0.25, -0.2) is 0 Å². The summed E-state index contributed by atoms with van der Waals surface area (Å²) < 4.78 is 5.48. The van der Waals surface area contributed by atoms with Crippen LogP contribution in [0.4, 0.5) is 5.82 Å². The van der Waals surface area contributed by atoms with Gasteiger partial charge in [-0.3, -0.25) is 14.7 Å². The summed E-state index contributed by atoms with van der Waals surface area (Å²) >= 11 is 0. The number of anilines is 1. The molecule has 2 N–H and O–H groups in total. The fraction of sp³-hybridized carbons (Fsp3) is 0.476. The van der Waals surface area contributed by atoms with Crippen molar-refractivity contribution in [2.45, 2.75) is 51.9 Å². The molecule has 0 saturated heterocycles. The second-order valence-electron chi connectivity index (χ2n) is 7.12. The van der Waals surface area contributed by atoms with E-state index in [0.29, 0.717) is 29.5 Å². The Kier molecular flexibility index (Phi) is 6.63. The van der Waals surface area contributed by atoms with E-state index in [1.165, 1.54) is 32.1 Å². The number of ether oxygens (including phenoxy) is 1. The molecule has 0 aliphatic heterocycles. The summed E-state index contributed by atoms with van der Waals surface area (Å²) in [5.74, 6) is 1.62. The SMILES string of the molecule is CCC(=O)c1ccc(OCC(=O)Nc2cc(CC3CCCCC3)[nH]n2)cc1. The Morgan fingerprint density at radius 3 is 2.63 bits per heavy atom. The Bertz CT molecular complexity index is 761. The molecule has 1 aromatic heterocycles. The number of hydrogen-bond donors (Lipinski definition) is 2. The highest BCUT2D eigenvalue weighted by molar-refractivity contribution is 5.96. The van der Waals surface area contributed by atoms with Crippen LogP contribution in [0.1, 0.15) is 61.5 Å². The standard InChI is InChI=1S/C21H27N3O3/c1-2-19(25)16-8-10-18(11-9-16)27-14-21(26)22-20-13-17(23-24-20)12-15-6-4-3-5-7-15/h8-11,13,15H,2-7,12,14H2,1H3,(H2,22,23,24,26). The maximum Gasteiger partial charge on any atom is 0.263 e. The molecule has 0 unspecified atom stereocenters. The van der Waals surface area contributed by atoms with Crippen molar-refractivity contribution < 1.29 is 14.3 Å². The number of hydrogen-bond acceptors (Lipinski definition) is 4. The average Bonchev–Trinajstić information content (AvgIpc) is 3.13. The van der Waals surface area contributed by atoms with Gasteiger partial charge in [-0.1, -0.05) is 39.0 Å². The van der Waals surface area contributed by atoms with Gasteiger partial charge in [0.25, 0.3) is 5.91 Å². The van der Waals surface area contributed by atoms with E-state index in [9.17, 15) is 9.59 Å². The average molecular weight is 369 g/mol. The molecule has 0 radical (unpaired) electrons. The third kappa shape index (κ3) is 5.67. The van der Waals surface area contributed by atoms with Gasteiger partial charge < -0.3 is 10.1 Å². The Labute approximate surface area is 159 Å². The fourth-order valence-corrected chi connectivity index (χ4v) is 3.50. The Morgan fingerprint density at radius 1 is 1.19 bits per heavy atom. The van der Waals surface area contributed by atoms with Crippen molar-refractivity contribution in [3.8, 4) is 5.75 Å². The molecule has 1 saturated carbocycles. The smallest absolute Gasteiger partial charge is 0.263 e. The molecule has 0 atom stereocenters. The molecule has 1 amide bonds. The van der Waals surface area contributed by atoms with Crippen molar-refractivity contribution >= 4 is 17.5 Å². The summed E-state index contributed by atoms with van der Waals surface area (Å²) in [5.41, 5.74) is 1.71. The summed E-state index contributed by atoms with van der Waals surface area (Å²) in [6.07, 6.45) is 7.98. The zero-order valence-electron chi connectivity index (χ0n) is 15.8. The molecular formula is C21H27N3O3. The highest BCUT2D eigenvalue weighted by atomic mass is 16.5. The number of H-pyrrole nitrogens is 1. The van der Waals surface area contributed by atoms with Crippen LogP contribution >= 0.6 is 0 Å². The minimum atomic E-state index is -0.264. The molecule has 27 heavy (non-hydrogen) atoms. The van der Waals surface area contributed by atoms with Crippen molar-refractivity contribution in [1.29, 1.82) is 0 Å². The van der Waals surface area contributed by atoms with E-state index >= 15 is 0 Å². The lowest BCUT2D eigenvalue weighted by Crippen LogP contribution is -2.20. The van der Waals surface area contributed by atoms with Crippen molar-refractivity contribution in [3.05, 3.63) is 41.6 Å². The van der Waals surface area contributed by atoms with Crippen LogP contribution < -0.4 is 10.1 Å². The number of nitrogens with one attached hydrogen (secondary N) is 2. The number of Topliss-reactive ketones (excluding diaryl/α,β-unsaturated/α-hetero) is 1. The van der Waals surface area contributed by atoms with E-state index in [1.54, 1.807) is 24.3 Å². The first-order valence-corrected chi connectivity index (χ1v) is 9.74. The van der Waals surface area contributed by atoms with Crippen molar-refractivity contribution in [1.82, 2.24) is 10.2 Å². The first kappa shape index (κ1) is 19.1. The number of aromatic amines is 1. The van der Waals surface area contributed by atoms with Crippen molar-refractivity contribution in [3.63, 3.8) is 0 Å².